The van der Waals surface area contributed by atoms with Gasteiger partial charge in [0.2, 0.25) is 0 Å². The first-order valence-electron chi connectivity index (χ1n) is 11.2. The van der Waals surface area contributed by atoms with Crippen molar-refractivity contribution in [3.63, 3.8) is 0 Å². The molecule has 1 fully saturated rings. The zero-order chi connectivity index (χ0) is 23.8. The Balaban J connectivity index is 2.28. The maximum Gasteiger partial charge on any atom is 0.337 e. The molecule has 2 aromatic rings. The van der Waals surface area contributed by atoms with E-state index in [1.165, 1.54) is 0 Å². The van der Waals surface area contributed by atoms with Gasteiger partial charge in [-0.05, 0) is 58.4 Å². The predicted molar refractivity (Wildman–Crippen MR) is 126 cm³/mol. The number of carbonyl (C=O) groups is 1. The summed E-state index contributed by atoms with van der Waals surface area (Å²) in [5.41, 5.74) is 2.91. The van der Waals surface area contributed by atoms with Crippen molar-refractivity contribution in [1.29, 1.82) is 0 Å². The van der Waals surface area contributed by atoms with Gasteiger partial charge >= 0.3 is 5.97 Å². The summed E-state index contributed by atoms with van der Waals surface area (Å²) in [5.74, 6) is -1.39. The molecule has 174 valence electrons. The second-order valence-corrected chi connectivity index (χ2v) is 10.6. The third-order valence-corrected chi connectivity index (χ3v) is 6.16. The first kappa shape index (κ1) is 24.2. The number of benzene rings is 1. The molecule has 1 aromatic heterocycles. The maximum atomic E-state index is 15.2. The summed E-state index contributed by atoms with van der Waals surface area (Å²) in [7, 11) is 0. The highest BCUT2D eigenvalue weighted by molar-refractivity contribution is 5.86. The fourth-order valence-corrected chi connectivity index (χ4v) is 4.24. The van der Waals surface area contributed by atoms with E-state index in [-0.39, 0.29) is 11.2 Å². The number of nitrogens with zero attached hydrogens (tertiary/aromatic N) is 2. The highest BCUT2D eigenvalue weighted by atomic mass is 19.1. The summed E-state index contributed by atoms with van der Waals surface area (Å²) < 4.78 is 21.3. The number of aliphatic carboxylic acids is 1. The van der Waals surface area contributed by atoms with Gasteiger partial charge in [0.05, 0.1) is 11.3 Å². The minimum Gasteiger partial charge on any atom is -0.479 e. The van der Waals surface area contributed by atoms with Crippen LogP contribution < -0.4 is 4.90 Å². The molecule has 1 N–H and O–H groups in total. The molecule has 32 heavy (non-hydrogen) atoms. The van der Waals surface area contributed by atoms with Crippen LogP contribution in [-0.4, -0.2) is 34.8 Å². The average molecular weight is 443 g/mol. The van der Waals surface area contributed by atoms with Crippen molar-refractivity contribution in [1.82, 2.24) is 4.98 Å². The van der Waals surface area contributed by atoms with Gasteiger partial charge in [0.25, 0.3) is 0 Å². The molecule has 2 heterocycles. The predicted octanol–water partition coefficient (Wildman–Crippen LogP) is 6.07. The van der Waals surface area contributed by atoms with Crippen LogP contribution in [0.25, 0.3) is 11.1 Å². The molecule has 0 bridgehead atoms. The van der Waals surface area contributed by atoms with Crippen LogP contribution in [0.5, 0.6) is 0 Å². The summed E-state index contributed by atoms with van der Waals surface area (Å²) in [6, 6.07) is 5.28. The molecule has 1 unspecified atom stereocenters. The van der Waals surface area contributed by atoms with Gasteiger partial charge in [-0.3, -0.25) is 4.98 Å². The monoisotopic (exact) mass is 442 g/mol. The SMILES string of the molecule is Cc1cccc(-c2cnc(C)c(C(OC(C)(C)C)C(=O)O)c2N2CCC(C)(C)CC2)c1F. The van der Waals surface area contributed by atoms with Crippen LogP contribution >= 0.6 is 0 Å². The van der Waals surface area contributed by atoms with Crippen LogP contribution in [0.3, 0.4) is 0 Å². The van der Waals surface area contributed by atoms with Crippen molar-refractivity contribution in [2.75, 3.05) is 18.0 Å². The van der Waals surface area contributed by atoms with Crippen LogP contribution in [0, 0.1) is 25.1 Å². The molecule has 1 saturated heterocycles. The zero-order valence-corrected chi connectivity index (χ0v) is 20.3. The molecule has 0 amide bonds. The number of aromatic nitrogens is 1. The number of hydrogen-bond acceptors (Lipinski definition) is 4. The molecule has 1 aromatic carbocycles. The number of carboxylic acid groups (broad SMARTS) is 1. The molecule has 1 atom stereocenters. The molecule has 6 heteroatoms. The molecule has 3 rings (SSSR count). The van der Waals surface area contributed by atoms with Gasteiger partial charge in [-0.1, -0.05) is 32.0 Å². The maximum absolute atomic E-state index is 15.2. The number of hydrogen-bond donors (Lipinski definition) is 1. The number of carboxylic acids is 1. The Labute approximate surface area is 190 Å². The van der Waals surface area contributed by atoms with Gasteiger partial charge in [0.1, 0.15) is 5.82 Å². The van der Waals surface area contributed by atoms with E-state index in [1.54, 1.807) is 32.2 Å². The van der Waals surface area contributed by atoms with E-state index in [1.807, 2.05) is 26.8 Å². The second kappa shape index (κ2) is 8.81. The lowest BCUT2D eigenvalue weighted by molar-refractivity contribution is -0.160. The van der Waals surface area contributed by atoms with E-state index in [2.05, 4.69) is 23.7 Å². The molecule has 5 nitrogen and oxygen atoms in total. The van der Waals surface area contributed by atoms with Crippen molar-refractivity contribution < 1.29 is 19.0 Å². The van der Waals surface area contributed by atoms with Gasteiger partial charge in [0, 0.05) is 41.7 Å². The first-order chi connectivity index (χ1) is 14.8. The molecular weight excluding hydrogens is 407 g/mol. The van der Waals surface area contributed by atoms with Crippen LogP contribution in [0.1, 0.15) is 70.4 Å². The van der Waals surface area contributed by atoms with Crippen LogP contribution in [-0.2, 0) is 9.53 Å². The lowest BCUT2D eigenvalue weighted by atomic mass is 9.82. The van der Waals surface area contributed by atoms with Gasteiger partial charge in [-0.25, -0.2) is 9.18 Å². The number of aryl methyl sites for hydroxylation is 2. The van der Waals surface area contributed by atoms with Crippen molar-refractivity contribution in [3.05, 3.63) is 47.0 Å². The number of ether oxygens (including phenoxy) is 1. The first-order valence-corrected chi connectivity index (χ1v) is 11.2. The number of halogens is 1. The third kappa shape index (κ3) is 5.12. The third-order valence-electron chi connectivity index (χ3n) is 6.16. The Kier molecular flexibility index (Phi) is 6.66. The van der Waals surface area contributed by atoms with Crippen molar-refractivity contribution >= 4 is 11.7 Å². The van der Waals surface area contributed by atoms with E-state index in [0.717, 1.165) is 25.9 Å². The Morgan fingerprint density at radius 3 is 2.38 bits per heavy atom. The lowest BCUT2D eigenvalue weighted by Crippen LogP contribution is -2.39. The molecule has 1 aliphatic rings. The summed E-state index contributed by atoms with van der Waals surface area (Å²) in [5, 5.41) is 10.1. The van der Waals surface area contributed by atoms with Crippen LogP contribution in [0.4, 0.5) is 10.1 Å². The number of rotatable bonds is 5. The molecular formula is C26H35FN2O3. The zero-order valence-electron chi connectivity index (χ0n) is 20.3. The fraction of sp³-hybridized carbons (Fsp3) is 0.538. The smallest absolute Gasteiger partial charge is 0.337 e. The standard InChI is InChI=1S/C26H35FN2O3/c1-16-9-8-10-18(21(16)27)19-15-28-17(2)20(23(24(30)31)32-25(3,4)5)22(19)29-13-11-26(6,7)12-14-29/h8-10,15,23H,11-14H2,1-7H3,(H,30,31). The van der Waals surface area contributed by atoms with E-state index in [0.29, 0.717) is 33.6 Å². The van der Waals surface area contributed by atoms with E-state index in [4.69, 9.17) is 4.74 Å². The largest absolute Gasteiger partial charge is 0.479 e. The Morgan fingerprint density at radius 1 is 1.19 bits per heavy atom. The summed E-state index contributed by atoms with van der Waals surface area (Å²) in [6.07, 6.45) is 2.38. The summed E-state index contributed by atoms with van der Waals surface area (Å²) in [6.45, 7) is 15.0. The Bertz CT molecular complexity index is 1000. The van der Waals surface area contributed by atoms with E-state index < -0.39 is 17.7 Å². The number of piperidine rings is 1. The van der Waals surface area contributed by atoms with Crippen LogP contribution in [0.15, 0.2) is 24.4 Å². The molecule has 0 spiro atoms. The normalized spacial score (nSPS) is 17.3. The van der Waals surface area contributed by atoms with Crippen molar-refractivity contribution in [3.8, 4) is 11.1 Å². The Hall–Kier alpha value is -2.47. The van der Waals surface area contributed by atoms with Crippen LogP contribution in [0.2, 0.25) is 0 Å². The van der Waals surface area contributed by atoms with E-state index in [9.17, 15) is 9.90 Å². The van der Waals surface area contributed by atoms with Gasteiger partial charge in [0.15, 0.2) is 6.10 Å². The quantitative estimate of drug-likeness (QED) is 0.609. The average Bonchev–Trinajstić information content (AvgIpc) is 2.68. The highest BCUT2D eigenvalue weighted by Crippen LogP contribution is 2.44. The van der Waals surface area contributed by atoms with E-state index >= 15 is 4.39 Å². The highest BCUT2D eigenvalue weighted by Gasteiger charge is 2.36. The van der Waals surface area contributed by atoms with Crippen molar-refractivity contribution in [2.45, 2.75) is 73.0 Å². The molecule has 0 saturated carbocycles. The van der Waals surface area contributed by atoms with Gasteiger partial charge in [-0.15, -0.1) is 0 Å². The Morgan fingerprint density at radius 2 is 1.81 bits per heavy atom. The molecule has 0 aliphatic carbocycles. The topological polar surface area (TPSA) is 62.7 Å². The van der Waals surface area contributed by atoms with Gasteiger partial charge < -0.3 is 14.7 Å². The fourth-order valence-electron chi connectivity index (χ4n) is 4.24. The molecule has 1 aliphatic heterocycles. The summed E-state index contributed by atoms with van der Waals surface area (Å²) >= 11 is 0. The second-order valence-electron chi connectivity index (χ2n) is 10.6. The minimum atomic E-state index is -1.21. The summed E-state index contributed by atoms with van der Waals surface area (Å²) in [4.78, 5) is 19.1. The van der Waals surface area contributed by atoms with Gasteiger partial charge in [-0.2, -0.15) is 0 Å². The number of pyridine rings is 1. The molecule has 0 radical (unpaired) electrons. The lowest BCUT2D eigenvalue weighted by Gasteiger charge is -2.41. The van der Waals surface area contributed by atoms with Crippen molar-refractivity contribution in [2.24, 2.45) is 5.41 Å². The number of anilines is 1. The minimum absolute atomic E-state index is 0.210.